The number of nitrogens with zero attached hydrogens (tertiary/aromatic N) is 2. The van der Waals surface area contributed by atoms with Crippen molar-refractivity contribution in [1.29, 1.82) is 0 Å². The van der Waals surface area contributed by atoms with Crippen LogP contribution in [-0.2, 0) is 42.3 Å². The van der Waals surface area contributed by atoms with E-state index in [1.165, 1.54) is 25.9 Å². The van der Waals surface area contributed by atoms with Crippen molar-refractivity contribution in [3.05, 3.63) is 0 Å². The van der Waals surface area contributed by atoms with E-state index < -0.39 is 0 Å². The topological polar surface area (TPSA) is 24.9 Å². The monoisotopic (exact) mass is 409 g/mol. The minimum absolute atomic E-state index is 0. The van der Waals surface area contributed by atoms with Crippen molar-refractivity contribution in [3.63, 3.8) is 0 Å². The van der Waals surface area contributed by atoms with Gasteiger partial charge in [0.2, 0.25) is 0 Å². The molecule has 4 nitrogen and oxygen atoms in total. The fourth-order valence-electron chi connectivity index (χ4n) is 2.19. The fraction of sp³-hybridized carbons (Fsp3) is 1.00. The Balaban J connectivity index is -0.000000138. The first kappa shape index (κ1) is 31.7. The van der Waals surface area contributed by atoms with Crippen molar-refractivity contribution in [1.82, 2.24) is 9.96 Å². The molecule has 0 bridgehead atoms. The largest absolute Gasteiger partial charge is 0.379 e. The molecule has 0 atom stereocenters. The van der Waals surface area contributed by atoms with Gasteiger partial charge in [0.1, 0.15) is 0 Å². The molecule has 2 rings (SSSR count). The molecule has 2 saturated heterocycles. The quantitative estimate of drug-likeness (QED) is 0.691. The standard InChI is InChI=1S/C8H17NO2.C7H15N.3CH4.Y/c1-8(2)7-11-9-3-5-10-6-4-9;1-7(2)8-5-3-4-6-8;;;;/h8H,3-7H2,1-2H3;7H,3-6H2,1-2H3;3*1H4;. The van der Waals surface area contributed by atoms with E-state index >= 15 is 0 Å². The van der Waals surface area contributed by atoms with Crippen LogP contribution < -0.4 is 0 Å². The molecular formula is C18H44N2O2Y. The molecular weight excluding hydrogens is 365 g/mol. The number of hydrogen-bond donors (Lipinski definition) is 0. The second kappa shape index (κ2) is 19.3. The van der Waals surface area contributed by atoms with Gasteiger partial charge in [0, 0.05) is 51.8 Å². The molecule has 0 unspecified atom stereocenters. The summed E-state index contributed by atoms with van der Waals surface area (Å²) in [7, 11) is 0. The zero-order valence-corrected chi connectivity index (χ0v) is 16.6. The first-order valence-electron chi connectivity index (χ1n) is 7.79. The number of morpholine rings is 1. The maximum Gasteiger partial charge on any atom is 0.0708 e. The summed E-state index contributed by atoms with van der Waals surface area (Å²) in [5.74, 6) is 0.609. The van der Waals surface area contributed by atoms with Crippen LogP contribution in [0.4, 0.5) is 0 Å². The Morgan fingerprint density at radius 1 is 0.870 bits per heavy atom. The molecule has 0 amide bonds. The maximum atomic E-state index is 5.50. The number of rotatable bonds is 4. The van der Waals surface area contributed by atoms with Crippen LogP contribution in [0.3, 0.4) is 0 Å². The first-order valence-corrected chi connectivity index (χ1v) is 7.79. The van der Waals surface area contributed by atoms with Crippen LogP contribution in [0, 0.1) is 5.92 Å². The van der Waals surface area contributed by atoms with Crippen LogP contribution in [0.2, 0.25) is 0 Å². The van der Waals surface area contributed by atoms with Gasteiger partial charge in [-0.3, -0.25) is 4.84 Å². The van der Waals surface area contributed by atoms with Crippen molar-refractivity contribution in [2.75, 3.05) is 46.0 Å². The van der Waals surface area contributed by atoms with E-state index in [0.29, 0.717) is 5.92 Å². The second-order valence-corrected chi connectivity index (χ2v) is 6.07. The van der Waals surface area contributed by atoms with E-state index in [1.807, 2.05) is 5.06 Å². The summed E-state index contributed by atoms with van der Waals surface area (Å²) >= 11 is 0. The van der Waals surface area contributed by atoms with Gasteiger partial charge in [-0.2, -0.15) is 5.06 Å². The summed E-state index contributed by atoms with van der Waals surface area (Å²) in [4.78, 5) is 8.03. The summed E-state index contributed by atoms with van der Waals surface area (Å²) in [5, 5.41) is 1.99. The zero-order chi connectivity index (χ0) is 14.1. The van der Waals surface area contributed by atoms with Crippen LogP contribution in [0.1, 0.15) is 62.8 Å². The van der Waals surface area contributed by atoms with E-state index in [0.717, 1.165) is 39.0 Å². The zero-order valence-electron chi connectivity index (χ0n) is 13.8. The van der Waals surface area contributed by atoms with E-state index in [-0.39, 0.29) is 55.0 Å². The second-order valence-electron chi connectivity index (χ2n) is 6.07. The molecule has 0 aromatic carbocycles. The summed E-state index contributed by atoms with van der Waals surface area (Å²) in [6, 6.07) is 0.775. The Morgan fingerprint density at radius 2 is 1.35 bits per heavy atom. The Labute approximate surface area is 172 Å². The summed E-state index contributed by atoms with van der Waals surface area (Å²) in [5.41, 5.74) is 0. The molecule has 1 radical (unpaired) electrons. The van der Waals surface area contributed by atoms with Crippen molar-refractivity contribution < 1.29 is 42.3 Å². The van der Waals surface area contributed by atoms with Crippen molar-refractivity contribution in [3.8, 4) is 0 Å². The molecule has 0 saturated carbocycles. The molecule has 5 heteroatoms. The van der Waals surface area contributed by atoms with E-state index in [4.69, 9.17) is 9.57 Å². The SMILES string of the molecule is C.C.C.CC(C)CON1CCOCC1.CC(C)N1CCCC1.[Y]. The maximum absolute atomic E-state index is 5.50. The third-order valence-corrected chi connectivity index (χ3v) is 3.43. The fourth-order valence-corrected chi connectivity index (χ4v) is 2.19. The number of hydrogen-bond acceptors (Lipinski definition) is 4. The summed E-state index contributed by atoms with van der Waals surface area (Å²) in [6.07, 6.45) is 2.83. The predicted molar refractivity (Wildman–Crippen MR) is 99.3 cm³/mol. The van der Waals surface area contributed by atoms with Crippen molar-refractivity contribution in [2.45, 2.75) is 68.9 Å². The number of ether oxygens (including phenoxy) is 1. The molecule has 0 aliphatic carbocycles. The first-order chi connectivity index (χ1) is 9.09. The molecule has 0 spiro atoms. The van der Waals surface area contributed by atoms with Gasteiger partial charge in [0.25, 0.3) is 0 Å². The molecule has 0 aromatic rings. The minimum atomic E-state index is 0. The third kappa shape index (κ3) is 16.2. The Bertz CT molecular complexity index is 217. The smallest absolute Gasteiger partial charge is 0.0708 e. The normalized spacial score (nSPS) is 18.0. The molecule has 2 aliphatic heterocycles. The Kier molecular flexibility index (Phi) is 26.6. The summed E-state index contributed by atoms with van der Waals surface area (Å²) in [6.45, 7) is 15.8. The average Bonchev–Trinajstić information content (AvgIpc) is 2.92. The van der Waals surface area contributed by atoms with Gasteiger partial charge in [-0.1, -0.05) is 36.1 Å². The summed E-state index contributed by atoms with van der Waals surface area (Å²) < 4.78 is 5.18. The minimum Gasteiger partial charge on any atom is -0.379 e. The van der Waals surface area contributed by atoms with E-state index in [2.05, 4.69) is 32.6 Å². The molecule has 2 fully saturated rings. The predicted octanol–water partition coefficient (Wildman–Crippen LogP) is 4.30. The van der Waals surface area contributed by atoms with Gasteiger partial charge in [0.05, 0.1) is 19.8 Å². The van der Waals surface area contributed by atoms with Gasteiger partial charge in [-0.05, 0) is 45.7 Å². The number of hydroxylamine groups is 2. The molecule has 0 aromatic heterocycles. The molecule has 2 aliphatic rings. The van der Waals surface area contributed by atoms with Gasteiger partial charge in [0.15, 0.2) is 0 Å². The van der Waals surface area contributed by atoms with E-state index in [1.54, 1.807) is 0 Å². The van der Waals surface area contributed by atoms with Crippen LogP contribution in [-0.4, -0.2) is 62.0 Å². The average molecular weight is 409 g/mol. The van der Waals surface area contributed by atoms with Crippen molar-refractivity contribution >= 4 is 0 Å². The van der Waals surface area contributed by atoms with Crippen LogP contribution in [0.5, 0.6) is 0 Å². The number of likely N-dealkylation sites (tertiary alicyclic amines) is 1. The Morgan fingerprint density at radius 3 is 1.70 bits per heavy atom. The van der Waals surface area contributed by atoms with Gasteiger partial charge in [-0.25, -0.2) is 0 Å². The molecule has 0 N–H and O–H groups in total. The van der Waals surface area contributed by atoms with Crippen LogP contribution in [0.25, 0.3) is 0 Å². The van der Waals surface area contributed by atoms with Gasteiger partial charge < -0.3 is 9.64 Å². The van der Waals surface area contributed by atoms with E-state index in [9.17, 15) is 0 Å². The van der Waals surface area contributed by atoms with Gasteiger partial charge >= 0.3 is 0 Å². The van der Waals surface area contributed by atoms with Crippen LogP contribution in [0.15, 0.2) is 0 Å². The van der Waals surface area contributed by atoms with Crippen molar-refractivity contribution in [2.24, 2.45) is 5.92 Å². The molecule has 2 heterocycles. The third-order valence-electron chi connectivity index (χ3n) is 3.43. The Hall–Kier alpha value is 0.944. The van der Waals surface area contributed by atoms with Gasteiger partial charge in [-0.15, -0.1) is 0 Å². The van der Waals surface area contributed by atoms with Crippen LogP contribution >= 0.6 is 0 Å². The molecule has 23 heavy (non-hydrogen) atoms. The molecule has 141 valence electrons.